The first kappa shape index (κ1) is 12.6. The van der Waals surface area contributed by atoms with Crippen LogP contribution in [0.15, 0.2) is 24.3 Å². The summed E-state index contributed by atoms with van der Waals surface area (Å²) in [6.07, 6.45) is 0. The van der Waals surface area contributed by atoms with Gasteiger partial charge in [0.25, 0.3) is 0 Å². The number of nitriles is 1. The molecule has 2 aromatic rings. The summed E-state index contributed by atoms with van der Waals surface area (Å²) in [5.41, 5.74) is 1.49. The van der Waals surface area contributed by atoms with E-state index in [-0.39, 0.29) is 0 Å². The number of fused-ring (bicyclic) bond motifs is 1. The van der Waals surface area contributed by atoms with E-state index >= 15 is 0 Å². The molecule has 1 aromatic heterocycles. The van der Waals surface area contributed by atoms with Crippen molar-refractivity contribution in [1.29, 1.82) is 5.26 Å². The van der Waals surface area contributed by atoms with E-state index in [2.05, 4.69) is 20.9 Å². The third-order valence-corrected chi connectivity index (χ3v) is 3.13. The lowest BCUT2D eigenvalue weighted by Crippen LogP contribution is -2.44. The minimum atomic E-state index is -0.566. The first-order valence-corrected chi connectivity index (χ1v) is 6.18. The molecular weight excluding hydrogens is 224 g/mol. The lowest BCUT2D eigenvalue weighted by molar-refractivity contribution is 0.398. The van der Waals surface area contributed by atoms with Crippen LogP contribution in [0.1, 0.15) is 19.7 Å². The smallest absolute Gasteiger partial charge is 0.122 e. The third-order valence-electron chi connectivity index (χ3n) is 3.13. The SMILES string of the molecule is CCNC(C)(C#N)Cn1c(C)nc2ccccc21. The van der Waals surface area contributed by atoms with Crippen molar-refractivity contribution in [3.8, 4) is 6.07 Å². The number of nitrogens with one attached hydrogen (secondary N) is 1. The molecule has 0 amide bonds. The molecule has 0 spiro atoms. The lowest BCUT2D eigenvalue weighted by Gasteiger charge is -2.24. The maximum Gasteiger partial charge on any atom is 0.122 e. The molecule has 2 rings (SSSR count). The van der Waals surface area contributed by atoms with Crippen molar-refractivity contribution < 1.29 is 0 Å². The molecule has 1 unspecified atom stereocenters. The molecule has 94 valence electrons. The number of hydrogen-bond donors (Lipinski definition) is 1. The Hall–Kier alpha value is -1.86. The molecule has 1 aromatic carbocycles. The lowest BCUT2D eigenvalue weighted by atomic mass is 10.0. The summed E-state index contributed by atoms with van der Waals surface area (Å²) in [5.74, 6) is 0.940. The zero-order valence-corrected chi connectivity index (χ0v) is 11.1. The molecule has 4 heteroatoms. The number of imidazole rings is 1. The first-order chi connectivity index (χ1) is 8.59. The molecule has 1 N–H and O–H groups in total. The van der Waals surface area contributed by atoms with Gasteiger partial charge >= 0.3 is 0 Å². The van der Waals surface area contributed by atoms with Crippen LogP contribution in [0.3, 0.4) is 0 Å². The number of para-hydroxylation sites is 2. The van der Waals surface area contributed by atoms with Gasteiger partial charge in [-0.1, -0.05) is 19.1 Å². The fourth-order valence-corrected chi connectivity index (χ4v) is 2.23. The van der Waals surface area contributed by atoms with E-state index in [4.69, 9.17) is 0 Å². The average molecular weight is 242 g/mol. The summed E-state index contributed by atoms with van der Waals surface area (Å²) in [7, 11) is 0. The molecule has 18 heavy (non-hydrogen) atoms. The molecule has 1 atom stereocenters. The van der Waals surface area contributed by atoms with E-state index in [1.165, 1.54) is 0 Å². The van der Waals surface area contributed by atoms with Crippen molar-refractivity contribution in [3.63, 3.8) is 0 Å². The predicted molar refractivity (Wildman–Crippen MR) is 72.2 cm³/mol. The topological polar surface area (TPSA) is 53.6 Å². The normalized spacial score (nSPS) is 14.3. The molecule has 0 bridgehead atoms. The fourth-order valence-electron chi connectivity index (χ4n) is 2.23. The Labute approximate surface area is 107 Å². The quantitative estimate of drug-likeness (QED) is 0.894. The van der Waals surface area contributed by atoms with Gasteiger partial charge in [-0.25, -0.2) is 4.98 Å². The second kappa shape index (κ2) is 4.79. The monoisotopic (exact) mass is 242 g/mol. The standard InChI is InChI=1S/C14H18N4/c1-4-16-14(3,9-15)10-18-11(2)17-12-7-5-6-8-13(12)18/h5-8,16H,4,10H2,1-3H3. The van der Waals surface area contributed by atoms with Crippen LogP contribution < -0.4 is 5.32 Å². The maximum absolute atomic E-state index is 9.33. The number of rotatable bonds is 4. The van der Waals surface area contributed by atoms with Crippen molar-refractivity contribution in [1.82, 2.24) is 14.9 Å². The zero-order valence-electron chi connectivity index (χ0n) is 11.1. The van der Waals surface area contributed by atoms with Gasteiger partial charge in [-0.3, -0.25) is 5.32 Å². The van der Waals surface area contributed by atoms with Gasteiger partial charge in [-0.15, -0.1) is 0 Å². The minimum Gasteiger partial charge on any atom is -0.325 e. The van der Waals surface area contributed by atoms with Crippen molar-refractivity contribution in [2.24, 2.45) is 0 Å². The van der Waals surface area contributed by atoms with Gasteiger partial charge in [-0.05, 0) is 32.5 Å². The summed E-state index contributed by atoms with van der Waals surface area (Å²) in [6, 6.07) is 10.4. The highest BCUT2D eigenvalue weighted by Gasteiger charge is 2.24. The largest absolute Gasteiger partial charge is 0.325 e. The van der Waals surface area contributed by atoms with Crippen LogP contribution in [0, 0.1) is 18.3 Å². The summed E-state index contributed by atoms with van der Waals surface area (Å²) < 4.78 is 2.10. The van der Waals surface area contributed by atoms with E-state index in [0.717, 1.165) is 23.4 Å². The second-order valence-electron chi connectivity index (χ2n) is 4.71. The van der Waals surface area contributed by atoms with Crippen LogP contribution in [0.25, 0.3) is 11.0 Å². The number of nitrogens with zero attached hydrogens (tertiary/aromatic N) is 3. The van der Waals surface area contributed by atoms with E-state index in [9.17, 15) is 5.26 Å². The van der Waals surface area contributed by atoms with Gasteiger partial charge in [0, 0.05) is 0 Å². The molecule has 0 saturated heterocycles. The van der Waals surface area contributed by atoms with Crippen LogP contribution in [0.5, 0.6) is 0 Å². The van der Waals surface area contributed by atoms with Crippen molar-refractivity contribution in [3.05, 3.63) is 30.1 Å². The molecule has 0 aliphatic rings. The number of likely N-dealkylation sites (N-methyl/N-ethyl adjacent to an activating group) is 1. The van der Waals surface area contributed by atoms with Gasteiger partial charge in [0.2, 0.25) is 0 Å². The van der Waals surface area contributed by atoms with E-state index in [1.54, 1.807) is 0 Å². The minimum absolute atomic E-state index is 0.566. The second-order valence-corrected chi connectivity index (χ2v) is 4.71. The highest BCUT2D eigenvalue weighted by molar-refractivity contribution is 5.75. The van der Waals surface area contributed by atoms with Gasteiger partial charge in [0.1, 0.15) is 11.4 Å². The first-order valence-electron chi connectivity index (χ1n) is 6.18. The molecule has 0 aliphatic carbocycles. The molecule has 1 heterocycles. The molecule has 0 aliphatic heterocycles. The molecular formula is C14H18N4. The number of aromatic nitrogens is 2. The Balaban J connectivity index is 2.43. The number of hydrogen-bond acceptors (Lipinski definition) is 3. The number of aryl methyl sites for hydroxylation is 1. The van der Waals surface area contributed by atoms with Crippen molar-refractivity contribution in [2.75, 3.05) is 6.54 Å². The Bertz CT molecular complexity index is 593. The predicted octanol–water partition coefficient (Wildman–Crippen LogP) is 2.24. The Morgan fingerprint density at radius 3 is 2.83 bits per heavy atom. The summed E-state index contributed by atoms with van der Waals surface area (Å²) in [5, 5.41) is 12.6. The highest BCUT2D eigenvalue weighted by atomic mass is 15.1. The van der Waals surface area contributed by atoms with Gasteiger partial charge in [0.05, 0.1) is 23.6 Å². The van der Waals surface area contributed by atoms with E-state index in [0.29, 0.717) is 6.54 Å². The average Bonchev–Trinajstić information content (AvgIpc) is 2.66. The van der Waals surface area contributed by atoms with Gasteiger partial charge in [0.15, 0.2) is 0 Å². The fraction of sp³-hybridized carbons (Fsp3) is 0.429. The summed E-state index contributed by atoms with van der Waals surface area (Å²) in [4.78, 5) is 4.52. The van der Waals surface area contributed by atoms with Gasteiger partial charge in [-0.2, -0.15) is 5.26 Å². The van der Waals surface area contributed by atoms with E-state index < -0.39 is 5.54 Å². The van der Waals surface area contributed by atoms with Gasteiger partial charge < -0.3 is 4.57 Å². The van der Waals surface area contributed by atoms with Crippen LogP contribution in [-0.2, 0) is 6.54 Å². The molecule has 4 nitrogen and oxygen atoms in total. The zero-order chi connectivity index (χ0) is 13.2. The Morgan fingerprint density at radius 2 is 2.17 bits per heavy atom. The maximum atomic E-state index is 9.33. The number of benzene rings is 1. The van der Waals surface area contributed by atoms with Crippen molar-refractivity contribution in [2.45, 2.75) is 32.9 Å². The molecule has 0 saturated carbocycles. The van der Waals surface area contributed by atoms with E-state index in [1.807, 2.05) is 45.0 Å². The Kier molecular flexibility index (Phi) is 3.35. The Morgan fingerprint density at radius 1 is 1.44 bits per heavy atom. The third kappa shape index (κ3) is 2.22. The van der Waals surface area contributed by atoms with Crippen LogP contribution >= 0.6 is 0 Å². The summed E-state index contributed by atoms with van der Waals surface area (Å²) in [6.45, 7) is 7.28. The molecule has 0 radical (unpaired) electrons. The van der Waals surface area contributed by atoms with Crippen LogP contribution in [0.2, 0.25) is 0 Å². The summed E-state index contributed by atoms with van der Waals surface area (Å²) >= 11 is 0. The van der Waals surface area contributed by atoms with Crippen LogP contribution in [-0.4, -0.2) is 21.6 Å². The molecule has 0 fully saturated rings. The highest BCUT2D eigenvalue weighted by Crippen LogP contribution is 2.18. The van der Waals surface area contributed by atoms with Crippen LogP contribution in [0.4, 0.5) is 0 Å². The van der Waals surface area contributed by atoms with Crippen molar-refractivity contribution >= 4 is 11.0 Å².